The van der Waals surface area contributed by atoms with Gasteiger partial charge in [0.1, 0.15) is 0 Å². The summed E-state index contributed by atoms with van der Waals surface area (Å²) in [5.74, 6) is -0.702. The second kappa shape index (κ2) is 6.53. The standard InChI is InChI=1S/C14H26N2O2/c1-2-15-8-3-4-13(7-9-15)16-10-5-12(6-11-16)14(17)18/h12-13H,2-11H2,1H3,(H,17,18). The van der Waals surface area contributed by atoms with Crippen LogP contribution in [0.15, 0.2) is 0 Å². The van der Waals surface area contributed by atoms with Crippen molar-refractivity contribution in [3.05, 3.63) is 0 Å². The summed E-state index contributed by atoms with van der Waals surface area (Å²) in [6.45, 7) is 7.80. The summed E-state index contributed by atoms with van der Waals surface area (Å²) >= 11 is 0. The average Bonchev–Trinajstić information content (AvgIpc) is 2.64. The Balaban J connectivity index is 1.80. The lowest BCUT2D eigenvalue weighted by atomic mass is 9.94. The van der Waals surface area contributed by atoms with E-state index in [0.29, 0.717) is 6.04 Å². The number of carboxylic acid groups (broad SMARTS) is 1. The van der Waals surface area contributed by atoms with E-state index in [2.05, 4.69) is 16.7 Å². The molecule has 18 heavy (non-hydrogen) atoms. The van der Waals surface area contributed by atoms with Gasteiger partial charge in [-0.05, 0) is 64.8 Å². The zero-order chi connectivity index (χ0) is 13.0. The van der Waals surface area contributed by atoms with Crippen molar-refractivity contribution in [2.45, 2.75) is 45.1 Å². The zero-order valence-electron chi connectivity index (χ0n) is 11.5. The number of hydrogen-bond donors (Lipinski definition) is 1. The Hall–Kier alpha value is -0.610. The number of carboxylic acids is 1. The molecule has 0 radical (unpaired) electrons. The predicted molar refractivity (Wildman–Crippen MR) is 71.7 cm³/mol. The molecule has 0 amide bonds. The van der Waals surface area contributed by atoms with Crippen LogP contribution in [0, 0.1) is 5.92 Å². The fourth-order valence-corrected chi connectivity index (χ4v) is 3.33. The molecular formula is C14H26N2O2. The van der Waals surface area contributed by atoms with Crippen LogP contribution in [0.25, 0.3) is 0 Å². The second-order valence-corrected chi connectivity index (χ2v) is 5.67. The van der Waals surface area contributed by atoms with Crippen LogP contribution in [0.2, 0.25) is 0 Å². The van der Waals surface area contributed by atoms with Gasteiger partial charge in [-0.25, -0.2) is 0 Å². The molecule has 0 spiro atoms. The van der Waals surface area contributed by atoms with E-state index in [0.717, 1.165) is 32.5 Å². The molecule has 1 N–H and O–H groups in total. The number of likely N-dealkylation sites (tertiary alicyclic amines) is 2. The van der Waals surface area contributed by atoms with Gasteiger partial charge in [0.25, 0.3) is 0 Å². The maximum Gasteiger partial charge on any atom is 0.306 e. The third-order valence-electron chi connectivity index (χ3n) is 4.63. The van der Waals surface area contributed by atoms with Gasteiger partial charge < -0.3 is 14.9 Å². The van der Waals surface area contributed by atoms with Crippen molar-refractivity contribution in [1.82, 2.24) is 9.80 Å². The third kappa shape index (κ3) is 3.45. The van der Waals surface area contributed by atoms with Gasteiger partial charge in [-0.1, -0.05) is 6.92 Å². The van der Waals surface area contributed by atoms with Crippen molar-refractivity contribution in [3.8, 4) is 0 Å². The highest BCUT2D eigenvalue weighted by molar-refractivity contribution is 5.70. The summed E-state index contributed by atoms with van der Waals surface area (Å²) < 4.78 is 0. The van der Waals surface area contributed by atoms with Crippen LogP contribution in [0.1, 0.15) is 39.0 Å². The maximum absolute atomic E-state index is 10.9. The number of nitrogens with zero attached hydrogens (tertiary/aromatic N) is 2. The van der Waals surface area contributed by atoms with Crippen LogP contribution < -0.4 is 0 Å². The molecule has 0 aromatic rings. The lowest BCUT2D eigenvalue weighted by Crippen LogP contribution is -2.43. The summed E-state index contributed by atoms with van der Waals surface area (Å²) in [5, 5.41) is 9.02. The summed E-state index contributed by atoms with van der Waals surface area (Å²) in [4.78, 5) is 16.0. The van der Waals surface area contributed by atoms with E-state index in [4.69, 9.17) is 5.11 Å². The Morgan fingerprint density at radius 3 is 2.44 bits per heavy atom. The normalized spacial score (nSPS) is 29.1. The molecule has 1 unspecified atom stereocenters. The van der Waals surface area contributed by atoms with Crippen LogP contribution >= 0.6 is 0 Å². The summed E-state index contributed by atoms with van der Waals surface area (Å²) in [7, 11) is 0. The molecule has 2 heterocycles. The Bertz CT molecular complexity index is 275. The smallest absolute Gasteiger partial charge is 0.306 e. The van der Waals surface area contributed by atoms with Crippen molar-refractivity contribution >= 4 is 5.97 Å². The summed E-state index contributed by atoms with van der Waals surface area (Å²) in [6.07, 6.45) is 5.50. The Kier molecular flexibility index (Phi) is 5.01. The highest BCUT2D eigenvalue weighted by Crippen LogP contribution is 2.24. The van der Waals surface area contributed by atoms with Crippen molar-refractivity contribution in [2.75, 3.05) is 32.7 Å². The molecular weight excluding hydrogens is 228 g/mol. The molecule has 2 rings (SSSR count). The average molecular weight is 254 g/mol. The molecule has 0 aromatic heterocycles. The first-order chi connectivity index (χ1) is 8.70. The number of rotatable bonds is 3. The van der Waals surface area contributed by atoms with Gasteiger partial charge in [0.2, 0.25) is 0 Å². The molecule has 0 saturated carbocycles. The summed E-state index contributed by atoms with van der Waals surface area (Å²) in [5.41, 5.74) is 0. The van der Waals surface area contributed by atoms with Crippen LogP contribution in [-0.4, -0.2) is 59.6 Å². The van der Waals surface area contributed by atoms with Crippen molar-refractivity contribution < 1.29 is 9.90 Å². The number of hydrogen-bond acceptors (Lipinski definition) is 3. The minimum Gasteiger partial charge on any atom is -0.481 e. The molecule has 104 valence electrons. The quantitative estimate of drug-likeness (QED) is 0.832. The molecule has 1 atom stereocenters. The van der Waals surface area contributed by atoms with E-state index in [-0.39, 0.29) is 5.92 Å². The second-order valence-electron chi connectivity index (χ2n) is 5.67. The molecule has 4 heteroatoms. The van der Waals surface area contributed by atoms with Crippen molar-refractivity contribution in [1.29, 1.82) is 0 Å². The van der Waals surface area contributed by atoms with E-state index in [1.54, 1.807) is 0 Å². The van der Waals surface area contributed by atoms with E-state index in [1.165, 1.54) is 32.4 Å². The fourth-order valence-electron chi connectivity index (χ4n) is 3.33. The van der Waals surface area contributed by atoms with Crippen molar-refractivity contribution in [3.63, 3.8) is 0 Å². The number of aliphatic carboxylic acids is 1. The molecule has 2 aliphatic heterocycles. The molecule has 2 fully saturated rings. The lowest BCUT2D eigenvalue weighted by molar-refractivity contribution is -0.143. The summed E-state index contributed by atoms with van der Waals surface area (Å²) in [6, 6.07) is 0.691. The third-order valence-corrected chi connectivity index (χ3v) is 4.63. The molecule has 0 aromatic carbocycles. The van der Waals surface area contributed by atoms with E-state index in [1.807, 2.05) is 0 Å². The first-order valence-corrected chi connectivity index (χ1v) is 7.40. The van der Waals surface area contributed by atoms with Gasteiger partial charge in [0.05, 0.1) is 5.92 Å². The van der Waals surface area contributed by atoms with E-state index in [9.17, 15) is 4.79 Å². The number of piperidine rings is 1. The lowest BCUT2D eigenvalue weighted by Gasteiger charge is -2.36. The first-order valence-electron chi connectivity index (χ1n) is 7.40. The van der Waals surface area contributed by atoms with Crippen LogP contribution in [-0.2, 0) is 4.79 Å². The predicted octanol–water partition coefficient (Wildman–Crippen LogP) is 1.66. The van der Waals surface area contributed by atoms with E-state index < -0.39 is 5.97 Å². The topological polar surface area (TPSA) is 43.8 Å². The van der Waals surface area contributed by atoms with Gasteiger partial charge >= 0.3 is 5.97 Å². The molecule has 4 nitrogen and oxygen atoms in total. The van der Waals surface area contributed by atoms with Crippen LogP contribution in [0.4, 0.5) is 0 Å². The minimum absolute atomic E-state index is 0.0980. The first kappa shape index (κ1) is 13.8. The van der Waals surface area contributed by atoms with Gasteiger partial charge in [0.15, 0.2) is 0 Å². The van der Waals surface area contributed by atoms with Crippen molar-refractivity contribution in [2.24, 2.45) is 5.92 Å². The molecule has 2 saturated heterocycles. The van der Waals surface area contributed by atoms with Crippen LogP contribution in [0.5, 0.6) is 0 Å². The molecule has 0 bridgehead atoms. The maximum atomic E-state index is 10.9. The van der Waals surface area contributed by atoms with Gasteiger partial charge in [-0.3, -0.25) is 4.79 Å². The highest BCUT2D eigenvalue weighted by atomic mass is 16.4. The van der Waals surface area contributed by atoms with Gasteiger partial charge in [0, 0.05) is 6.04 Å². The van der Waals surface area contributed by atoms with Crippen LogP contribution in [0.3, 0.4) is 0 Å². The minimum atomic E-state index is -0.604. The SMILES string of the molecule is CCN1CCCC(N2CCC(C(=O)O)CC2)CC1. The number of carbonyl (C=O) groups is 1. The molecule has 0 aliphatic carbocycles. The van der Waals surface area contributed by atoms with Gasteiger partial charge in [-0.2, -0.15) is 0 Å². The molecule has 2 aliphatic rings. The Morgan fingerprint density at radius 1 is 1.11 bits per heavy atom. The van der Waals surface area contributed by atoms with E-state index >= 15 is 0 Å². The Labute approximate surface area is 110 Å². The monoisotopic (exact) mass is 254 g/mol. The Morgan fingerprint density at radius 2 is 1.83 bits per heavy atom. The van der Waals surface area contributed by atoms with Gasteiger partial charge in [-0.15, -0.1) is 0 Å². The largest absolute Gasteiger partial charge is 0.481 e. The zero-order valence-corrected chi connectivity index (χ0v) is 11.5. The highest BCUT2D eigenvalue weighted by Gasteiger charge is 2.29. The fraction of sp³-hybridized carbons (Fsp3) is 0.929.